The minimum absolute atomic E-state index is 0.284. The molecule has 6 nitrogen and oxygen atoms in total. The van der Waals surface area contributed by atoms with Gasteiger partial charge in [-0.05, 0) is 42.0 Å². The lowest BCUT2D eigenvalue weighted by Gasteiger charge is -2.16. The predicted octanol–water partition coefficient (Wildman–Crippen LogP) is 2.20. The van der Waals surface area contributed by atoms with Crippen molar-refractivity contribution in [1.82, 2.24) is 5.32 Å². The number of carbonyl (C=O) groups excluding carboxylic acids is 3. The van der Waals surface area contributed by atoms with Gasteiger partial charge < -0.3 is 15.8 Å². The van der Waals surface area contributed by atoms with Crippen molar-refractivity contribution < 1.29 is 19.1 Å². The molecular formula is C18H17BrN2O4. The topological polar surface area (TPSA) is 98.5 Å². The van der Waals surface area contributed by atoms with E-state index in [1.165, 1.54) is 31.2 Å². The standard InChI is InChI=1S/C18H17BrN2O4/c1-11(22)25-15-7-5-13(6-8-15)18(24)21-16(17(20)23)10-12-3-2-4-14(19)9-12/h2-9,16H,10H2,1H3,(H2,20,23)(H,21,24)/t16-/m0/s1. The van der Waals surface area contributed by atoms with E-state index in [1.54, 1.807) is 0 Å². The number of nitrogens with one attached hydrogen (secondary N) is 1. The Labute approximate surface area is 153 Å². The second-order valence-corrected chi connectivity index (χ2v) is 6.30. The highest BCUT2D eigenvalue weighted by atomic mass is 79.9. The van der Waals surface area contributed by atoms with Gasteiger partial charge in [0, 0.05) is 23.4 Å². The Bertz CT molecular complexity index is 790. The average molecular weight is 405 g/mol. The minimum Gasteiger partial charge on any atom is -0.427 e. The van der Waals surface area contributed by atoms with Crippen LogP contribution in [0.5, 0.6) is 5.75 Å². The number of primary amides is 1. The maximum absolute atomic E-state index is 12.3. The summed E-state index contributed by atoms with van der Waals surface area (Å²) >= 11 is 3.36. The molecule has 2 aromatic rings. The van der Waals surface area contributed by atoms with Crippen molar-refractivity contribution in [2.75, 3.05) is 0 Å². The van der Waals surface area contributed by atoms with E-state index in [0.717, 1.165) is 10.0 Å². The molecule has 1 atom stereocenters. The number of hydrogen-bond donors (Lipinski definition) is 2. The predicted molar refractivity (Wildman–Crippen MR) is 96.0 cm³/mol. The van der Waals surface area contributed by atoms with Gasteiger partial charge in [-0.3, -0.25) is 14.4 Å². The van der Waals surface area contributed by atoms with E-state index in [4.69, 9.17) is 10.5 Å². The molecule has 130 valence electrons. The van der Waals surface area contributed by atoms with Gasteiger partial charge >= 0.3 is 5.97 Å². The lowest BCUT2D eigenvalue weighted by atomic mass is 10.0. The van der Waals surface area contributed by atoms with Gasteiger partial charge in [0.05, 0.1) is 0 Å². The molecule has 25 heavy (non-hydrogen) atoms. The van der Waals surface area contributed by atoms with Crippen LogP contribution in [-0.2, 0) is 16.0 Å². The molecule has 2 aromatic carbocycles. The molecule has 0 radical (unpaired) electrons. The van der Waals surface area contributed by atoms with Crippen molar-refractivity contribution in [3.05, 3.63) is 64.1 Å². The zero-order valence-electron chi connectivity index (χ0n) is 13.5. The smallest absolute Gasteiger partial charge is 0.308 e. The maximum Gasteiger partial charge on any atom is 0.308 e. The number of ether oxygens (including phenoxy) is 1. The summed E-state index contributed by atoms with van der Waals surface area (Å²) in [5.74, 6) is -1.16. The van der Waals surface area contributed by atoms with Gasteiger partial charge in [-0.15, -0.1) is 0 Å². The first-order valence-corrected chi connectivity index (χ1v) is 8.27. The summed E-state index contributed by atoms with van der Waals surface area (Å²) in [5.41, 5.74) is 6.60. The van der Waals surface area contributed by atoms with Crippen LogP contribution in [0, 0.1) is 0 Å². The maximum atomic E-state index is 12.3. The van der Waals surface area contributed by atoms with E-state index in [9.17, 15) is 14.4 Å². The molecule has 0 unspecified atom stereocenters. The van der Waals surface area contributed by atoms with Crippen molar-refractivity contribution >= 4 is 33.7 Å². The molecule has 0 heterocycles. The lowest BCUT2D eigenvalue weighted by Crippen LogP contribution is -2.45. The van der Waals surface area contributed by atoms with Crippen LogP contribution in [0.3, 0.4) is 0 Å². The van der Waals surface area contributed by atoms with Gasteiger partial charge in [0.1, 0.15) is 11.8 Å². The molecular weight excluding hydrogens is 388 g/mol. The summed E-state index contributed by atoms with van der Waals surface area (Å²) in [6, 6.07) is 12.6. The quantitative estimate of drug-likeness (QED) is 0.569. The molecule has 0 saturated heterocycles. The summed E-state index contributed by atoms with van der Waals surface area (Å²) in [5, 5.41) is 2.62. The van der Waals surface area contributed by atoms with Crippen molar-refractivity contribution in [3.8, 4) is 5.75 Å². The number of nitrogens with two attached hydrogens (primary N) is 1. The zero-order valence-corrected chi connectivity index (χ0v) is 15.1. The van der Waals surface area contributed by atoms with Gasteiger partial charge in [0.15, 0.2) is 0 Å². The van der Waals surface area contributed by atoms with Crippen molar-refractivity contribution in [3.63, 3.8) is 0 Å². The highest BCUT2D eigenvalue weighted by molar-refractivity contribution is 9.10. The minimum atomic E-state index is -0.838. The van der Waals surface area contributed by atoms with Crippen LogP contribution in [-0.4, -0.2) is 23.8 Å². The molecule has 0 bridgehead atoms. The van der Waals surface area contributed by atoms with Crippen molar-refractivity contribution in [1.29, 1.82) is 0 Å². The second kappa shape index (κ2) is 8.43. The molecule has 7 heteroatoms. The fourth-order valence-electron chi connectivity index (χ4n) is 2.20. The Kier molecular flexibility index (Phi) is 6.30. The Hall–Kier alpha value is -2.67. The highest BCUT2D eigenvalue weighted by Crippen LogP contribution is 2.15. The largest absolute Gasteiger partial charge is 0.427 e. The summed E-state index contributed by atoms with van der Waals surface area (Å²) < 4.78 is 5.78. The van der Waals surface area contributed by atoms with Crippen LogP contribution >= 0.6 is 15.9 Å². The number of halogens is 1. The van der Waals surface area contributed by atoms with Gasteiger partial charge in [-0.25, -0.2) is 0 Å². The molecule has 0 fully saturated rings. The Morgan fingerprint density at radius 1 is 1.16 bits per heavy atom. The summed E-state index contributed by atoms with van der Waals surface area (Å²) in [6.45, 7) is 1.29. The van der Waals surface area contributed by atoms with Crippen LogP contribution < -0.4 is 15.8 Å². The number of rotatable bonds is 6. The number of amides is 2. The molecule has 0 aliphatic rings. The fraction of sp³-hybridized carbons (Fsp3) is 0.167. The molecule has 2 amide bonds. The first-order chi connectivity index (χ1) is 11.8. The van der Waals surface area contributed by atoms with Crippen LogP contribution in [0.2, 0.25) is 0 Å². The summed E-state index contributed by atoms with van der Waals surface area (Å²) in [6.07, 6.45) is 0.284. The number of esters is 1. The van der Waals surface area contributed by atoms with Gasteiger partial charge in [0.25, 0.3) is 5.91 Å². The molecule has 0 saturated carbocycles. The third-order valence-corrected chi connectivity index (χ3v) is 3.85. The van der Waals surface area contributed by atoms with Crippen LogP contribution in [0.1, 0.15) is 22.8 Å². The number of carbonyl (C=O) groups is 3. The molecule has 0 aromatic heterocycles. The first kappa shape index (κ1) is 18.7. The third kappa shape index (κ3) is 5.72. The van der Waals surface area contributed by atoms with E-state index >= 15 is 0 Å². The summed E-state index contributed by atoms with van der Waals surface area (Å²) in [4.78, 5) is 34.9. The molecule has 0 aliphatic carbocycles. The van der Waals surface area contributed by atoms with E-state index in [2.05, 4.69) is 21.2 Å². The number of benzene rings is 2. The summed E-state index contributed by atoms with van der Waals surface area (Å²) in [7, 11) is 0. The Morgan fingerprint density at radius 2 is 1.84 bits per heavy atom. The normalized spacial score (nSPS) is 11.4. The Balaban J connectivity index is 2.07. The van der Waals surface area contributed by atoms with Crippen LogP contribution in [0.15, 0.2) is 53.0 Å². The van der Waals surface area contributed by atoms with Crippen molar-refractivity contribution in [2.24, 2.45) is 5.73 Å². The molecule has 2 rings (SSSR count). The van der Waals surface area contributed by atoms with E-state index in [-0.39, 0.29) is 6.42 Å². The fourth-order valence-corrected chi connectivity index (χ4v) is 2.65. The lowest BCUT2D eigenvalue weighted by molar-refractivity contribution is -0.131. The Morgan fingerprint density at radius 3 is 2.40 bits per heavy atom. The van der Waals surface area contributed by atoms with E-state index in [0.29, 0.717) is 11.3 Å². The second-order valence-electron chi connectivity index (χ2n) is 5.38. The third-order valence-electron chi connectivity index (χ3n) is 3.36. The monoisotopic (exact) mass is 404 g/mol. The molecule has 3 N–H and O–H groups in total. The first-order valence-electron chi connectivity index (χ1n) is 7.48. The van der Waals surface area contributed by atoms with Gasteiger partial charge in [-0.2, -0.15) is 0 Å². The molecule has 0 spiro atoms. The van der Waals surface area contributed by atoms with Crippen LogP contribution in [0.25, 0.3) is 0 Å². The van der Waals surface area contributed by atoms with Gasteiger partial charge in [-0.1, -0.05) is 28.1 Å². The van der Waals surface area contributed by atoms with E-state index < -0.39 is 23.8 Å². The SMILES string of the molecule is CC(=O)Oc1ccc(C(=O)N[C@@H](Cc2cccc(Br)c2)C(N)=O)cc1. The molecule has 0 aliphatic heterocycles. The highest BCUT2D eigenvalue weighted by Gasteiger charge is 2.19. The van der Waals surface area contributed by atoms with E-state index in [1.807, 2.05) is 24.3 Å². The number of hydrogen-bond acceptors (Lipinski definition) is 4. The van der Waals surface area contributed by atoms with Crippen LogP contribution in [0.4, 0.5) is 0 Å². The van der Waals surface area contributed by atoms with Gasteiger partial charge in [0.2, 0.25) is 5.91 Å². The average Bonchev–Trinajstić information content (AvgIpc) is 2.54. The van der Waals surface area contributed by atoms with Crippen molar-refractivity contribution in [2.45, 2.75) is 19.4 Å². The zero-order chi connectivity index (χ0) is 18.4.